The zero-order valence-electron chi connectivity index (χ0n) is 14.5. The van der Waals surface area contributed by atoms with E-state index in [2.05, 4.69) is 31.2 Å². The number of hydrogen-bond donors (Lipinski definition) is 0. The van der Waals surface area contributed by atoms with Crippen molar-refractivity contribution in [2.75, 3.05) is 6.61 Å². The quantitative estimate of drug-likeness (QED) is 0.581. The number of ether oxygens (including phenoxy) is 1. The van der Waals surface area contributed by atoms with Crippen LogP contribution in [0.25, 0.3) is 5.57 Å². The van der Waals surface area contributed by atoms with Crippen LogP contribution in [0.15, 0.2) is 47.9 Å². The third-order valence-corrected chi connectivity index (χ3v) is 5.65. The summed E-state index contributed by atoms with van der Waals surface area (Å²) in [5.41, 5.74) is 3.31. The highest BCUT2D eigenvalue weighted by Gasteiger charge is 2.40. The topological polar surface area (TPSA) is 43.4 Å². The van der Waals surface area contributed by atoms with Crippen molar-refractivity contribution in [1.29, 1.82) is 0 Å². The molecular formula is C21H22O3S. The number of carbonyl (C=O) groups excluding carboxylic acids is 2. The van der Waals surface area contributed by atoms with Gasteiger partial charge in [0.15, 0.2) is 5.78 Å². The van der Waals surface area contributed by atoms with Gasteiger partial charge in [-0.25, -0.2) is 0 Å². The van der Waals surface area contributed by atoms with E-state index in [1.54, 1.807) is 24.3 Å². The van der Waals surface area contributed by atoms with Crippen molar-refractivity contribution in [2.24, 2.45) is 5.92 Å². The van der Waals surface area contributed by atoms with Gasteiger partial charge in [0.1, 0.15) is 5.92 Å². The fourth-order valence-electron chi connectivity index (χ4n) is 3.31. The summed E-state index contributed by atoms with van der Waals surface area (Å²) >= 11 is 1.59. The molecule has 0 N–H and O–H groups in total. The van der Waals surface area contributed by atoms with Crippen LogP contribution >= 0.6 is 11.3 Å². The maximum Gasteiger partial charge on any atom is 0.317 e. The lowest BCUT2D eigenvalue weighted by Gasteiger charge is -2.28. The molecule has 1 aliphatic carbocycles. The minimum Gasteiger partial charge on any atom is -0.465 e. The van der Waals surface area contributed by atoms with Gasteiger partial charge in [0.25, 0.3) is 0 Å². The zero-order valence-corrected chi connectivity index (χ0v) is 15.3. The second kappa shape index (κ2) is 7.79. The second-order valence-electron chi connectivity index (χ2n) is 6.18. The standard InChI is InChI=1S/C21H22O3S/c1-3-14-7-9-15(10-8-14)16-12-17(19-6-5-11-25-19)20(18(22)13-16)21(23)24-4-2/h5-11,13,17,20H,3-4,12H2,1-2H3/t17-,20-/m0/s1. The van der Waals surface area contributed by atoms with E-state index in [0.29, 0.717) is 6.42 Å². The summed E-state index contributed by atoms with van der Waals surface area (Å²) in [5.74, 6) is -1.46. The Bertz CT molecular complexity index is 772. The molecule has 0 bridgehead atoms. The Morgan fingerprint density at radius 3 is 2.56 bits per heavy atom. The number of ketones is 1. The number of esters is 1. The largest absolute Gasteiger partial charge is 0.465 e. The summed E-state index contributed by atoms with van der Waals surface area (Å²) in [7, 11) is 0. The van der Waals surface area contributed by atoms with Gasteiger partial charge >= 0.3 is 5.97 Å². The number of hydrogen-bond acceptors (Lipinski definition) is 4. The molecule has 3 rings (SSSR count). The van der Waals surface area contributed by atoms with E-state index in [1.807, 2.05) is 17.5 Å². The number of rotatable bonds is 5. The molecule has 1 aromatic carbocycles. The SMILES string of the molecule is CCOC(=O)[C@@H]1C(=O)C=C(c2ccc(CC)cc2)C[C@H]1c1cccs1. The summed E-state index contributed by atoms with van der Waals surface area (Å²) in [5, 5.41) is 1.98. The highest BCUT2D eigenvalue weighted by Crippen LogP contribution is 2.41. The van der Waals surface area contributed by atoms with Crippen molar-refractivity contribution in [1.82, 2.24) is 0 Å². The van der Waals surface area contributed by atoms with Crippen molar-refractivity contribution in [3.63, 3.8) is 0 Å². The molecule has 130 valence electrons. The lowest BCUT2D eigenvalue weighted by molar-refractivity contribution is -0.151. The van der Waals surface area contributed by atoms with Gasteiger partial charge < -0.3 is 4.74 Å². The molecule has 2 atom stereocenters. The van der Waals surface area contributed by atoms with Crippen molar-refractivity contribution in [3.8, 4) is 0 Å². The van der Waals surface area contributed by atoms with Crippen LogP contribution in [0.1, 0.15) is 42.2 Å². The molecule has 0 spiro atoms. The van der Waals surface area contributed by atoms with E-state index in [4.69, 9.17) is 4.74 Å². The molecule has 4 heteroatoms. The number of thiophene rings is 1. The molecule has 0 radical (unpaired) electrons. The maximum atomic E-state index is 12.8. The first kappa shape index (κ1) is 17.6. The van der Waals surface area contributed by atoms with Gasteiger partial charge in [0.05, 0.1) is 6.61 Å². The van der Waals surface area contributed by atoms with Crippen molar-refractivity contribution in [2.45, 2.75) is 32.6 Å². The number of benzene rings is 1. The Kier molecular flexibility index (Phi) is 5.49. The van der Waals surface area contributed by atoms with Crippen LogP contribution in [0.5, 0.6) is 0 Å². The number of allylic oxidation sites excluding steroid dienone is 2. The fourth-order valence-corrected chi connectivity index (χ4v) is 4.17. The van der Waals surface area contributed by atoms with Gasteiger partial charge in [-0.15, -0.1) is 11.3 Å². The van der Waals surface area contributed by atoms with E-state index in [0.717, 1.165) is 22.4 Å². The Hall–Kier alpha value is -2.20. The first-order valence-corrected chi connectivity index (χ1v) is 9.55. The molecule has 1 heterocycles. The van der Waals surface area contributed by atoms with Crippen molar-refractivity contribution in [3.05, 3.63) is 63.9 Å². The molecule has 0 aliphatic heterocycles. The second-order valence-corrected chi connectivity index (χ2v) is 7.16. The molecule has 1 aromatic heterocycles. The Labute approximate surface area is 152 Å². The Morgan fingerprint density at radius 1 is 1.20 bits per heavy atom. The van der Waals surface area contributed by atoms with Crippen LogP contribution in [0.2, 0.25) is 0 Å². The molecule has 1 aliphatic rings. The van der Waals surface area contributed by atoms with E-state index in [1.165, 1.54) is 5.56 Å². The minimum atomic E-state index is -0.739. The van der Waals surface area contributed by atoms with Gasteiger partial charge in [0.2, 0.25) is 0 Å². The van der Waals surface area contributed by atoms with Gasteiger partial charge in [-0.3, -0.25) is 9.59 Å². The first-order chi connectivity index (χ1) is 12.1. The summed E-state index contributed by atoms with van der Waals surface area (Å²) in [6.07, 6.45) is 3.29. The molecule has 0 unspecified atom stereocenters. The summed E-state index contributed by atoms with van der Waals surface area (Å²) in [4.78, 5) is 26.2. The summed E-state index contributed by atoms with van der Waals surface area (Å²) < 4.78 is 5.17. The summed E-state index contributed by atoms with van der Waals surface area (Å²) in [6, 6.07) is 12.3. The molecule has 2 aromatic rings. The van der Waals surface area contributed by atoms with Gasteiger partial charge in [0, 0.05) is 10.8 Å². The summed E-state index contributed by atoms with van der Waals surface area (Å²) in [6.45, 7) is 4.17. The molecule has 0 fully saturated rings. The molecule has 0 amide bonds. The smallest absolute Gasteiger partial charge is 0.317 e. The first-order valence-electron chi connectivity index (χ1n) is 8.67. The fraction of sp³-hybridized carbons (Fsp3) is 0.333. The molecule has 0 saturated carbocycles. The molecule has 25 heavy (non-hydrogen) atoms. The van der Waals surface area contributed by atoms with Crippen molar-refractivity contribution >= 4 is 28.7 Å². The van der Waals surface area contributed by atoms with E-state index in [9.17, 15) is 9.59 Å². The number of aryl methyl sites for hydroxylation is 1. The Balaban J connectivity index is 1.96. The lowest BCUT2D eigenvalue weighted by atomic mass is 9.76. The third kappa shape index (κ3) is 3.74. The van der Waals surface area contributed by atoms with Crippen LogP contribution in [-0.2, 0) is 20.7 Å². The monoisotopic (exact) mass is 354 g/mol. The van der Waals surface area contributed by atoms with Crippen LogP contribution in [0, 0.1) is 5.92 Å². The molecule has 0 saturated heterocycles. The van der Waals surface area contributed by atoms with Crippen LogP contribution < -0.4 is 0 Å². The van der Waals surface area contributed by atoms with E-state index < -0.39 is 11.9 Å². The van der Waals surface area contributed by atoms with Crippen LogP contribution in [0.4, 0.5) is 0 Å². The average molecular weight is 354 g/mol. The molecule has 3 nitrogen and oxygen atoms in total. The average Bonchev–Trinajstić information content (AvgIpc) is 3.16. The van der Waals surface area contributed by atoms with Gasteiger partial charge in [-0.05, 0) is 54.0 Å². The van der Waals surface area contributed by atoms with Crippen molar-refractivity contribution < 1.29 is 14.3 Å². The maximum absolute atomic E-state index is 12.8. The lowest BCUT2D eigenvalue weighted by Crippen LogP contribution is -2.33. The highest BCUT2D eigenvalue weighted by molar-refractivity contribution is 7.10. The van der Waals surface area contributed by atoms with Gasteiger partial charge in [-0.1, -0.05) is 37.3 Å². The Morgan fingerprint density at radius 2 is 1.96 bits per heavy atom. The zero-order chi connectivity index (χ0) is 17.8. The predicted octanol–water partition coefficient (Wildman–Crippen LogP) is 4.63. The van der Waals surface area contributed by atoms with Crippen LogP contribution in [0.3, 0.4) is 0 Å². The van der Waals surface area contributed by atoms with E-state index >= 15 is 0 Å². The third-order valence-electron chi connectivity index (χ3n) is 4.65. The van der Waals surface area contributed by atoms with Crippen LogP contribution in [-0.4, -0.2) is 18.4 Å². The normalized spacial score (nSPS) is 20.2. The molecular weight excluding hydrogens is 332 g/mol. The highest BCUT2D eigenvalue weighted by atomic mass is 32.1. The van der Waals surface area contributed by atoms with Gasteiger partial charge in [-0.2, -0.15) is 0 Å². The predicted molar refractivity (Wildman–Crippen MR) is 101 cm³/mol. The van der Waals surface area contributed by atoms with E-state index in [-0.39, 0.29) is 18.3 Å². The minimum absolute atomic E-state index is 0.155. The number of carbonyl (C=O) groups is 2.